The van der Waals surface area contributed by atoms with Crippen molar-refractivity contribution < 1.29 is 9.90 Å². The zero-order valence-corrected chi connectivity index (χ0v) is 17.9. The predicted molar refractivity (Wildman–Crippen MR) is 122 cm³/mol. The number of nitrogens with one attached hydrogen (secondary N) is 4. The molecule has 0 aliphatic heterocycles. The molecule has 1 heterocycles. The summed E-state index contributed by atoms with van der Waals surface area (Å²) in [6.07, 6.45) is 6.27. The van der Waals surface area contributed by atoms with Gasteiger partial charge >= 0.3 is 10.9 Å². The summed E-state index contributed by atoms with van der Waals surface area (Å²) >= 11 is 1.07. The number of rotatable bonds is 10. The van der Waals surface area contributed by atoms with E-state index in [1.807, 2.05) is 24.3 Å². The summed E-state index contributed by atoms with van der Waals surface area (Å²) in [5.41, 5.74) is 8.92. The number of aryl methyl sites for hydroxylation is 1. The maximum absolute atomic E-state index is 12.3. The van der Waals surface area contributed by atoms with Gasteiger partial charge in [-0.15, -0.1) is 0 Å². The fourth-order valence-corrected chi connectivity index (χ4v) is 4.26. The van der Waals surface area contributed by atoms with Crippen LogP contribution in [0.3, 0.4) is 0 Å². The number of benzene rings is 2. The predicted octanol–water partition coefficient (Wildman–Crippen LogP) is 4.29. The van der Waals surface area contributed by atoms with Crippen molar-refractivity contribution in [1.82, 2.24) is 15.8 Å². The van der Waals surface area contributed by atoms with E-state index in [2.05, 4.69) is 28.1 Å². The molecule has 2 amide bonds. The van der Waals surface area contributed by atoms with Gasteiger partial charge < -0.3 is 15.4 Å². The zero-order chi connectivity index (χ0) is 21.3. The maximum Gasteiger partial charge on any atom is 0.333 e. The van der Waals surface area contributed by atoms with Crippen LogP contribution in [0.2, 0.25) is 0 Å². The molecule has 0 aliphatic carbocycles. The number of phenolic OH excluding ortho intramolecular Hbond substituents is 1. The molecule has 8 heteroatoms. The molecule has 0 atom stereocenters. The fraction of sp³-hybridized carbons (Fsp3) is 0.364. The van der Waals surface area contributed by atoms with E-state index in [0.717, 1.165) is 45.7 Å². The Balaban J connectivity index is 1.48. The number of carbonyl (C=O) groups is 1. The summed E-state index contributed by atoms with van der Waals surface area (Å²) in [6.45, 7) is 2.68. The summed E-state index contributed by atoms with van der Waals surface area (Å²) in [7, 11) is 0. The van der Waals surface area contributed by atoms with Crippen molar-refractivity contribution >= 4 is 33.3 Å². The van der Waals surface area contributed by atoms with Crippen LogP contribution in [0.25, 0.3) is 10.2 Å². The standard InChI is InChI=1S/C22H28N4O3S/c1-2-3-4-5-8-15-9-6-7-10-17(15)24-21(28)26-23-14-13-16-11-12-18(27)19-20(16)30-22(29)25-19/h6-7,9-12,23,27H,2-5,8,13-14H2,1H3,(H,25,29)(H2,24,26,28). The van der Waals surface area contributed by atoms with Crippen molar-refractivity contribution in [1.29, 1.82) is 0 Å². The molecule has 0 spiro atoms. The first kappa shape index (κ1) is 21.9. The number of carbonyl (C=O) groups excluding carboxylic acids is 1. The summed E-state index contributed by atoms with van der Waals surface area (Å²) in [5.74, 6) is 0.0610. The monoisotopic (exact) mass is 428 g/mol. The molecule has 0 saturated heterocycles. The van der Waals surface area contributed by atoms with Gasteiger partial charge in [-0.05, 0) is 42.5 Å². The Hall–Kier alpha value is -2.84. The number of thiazole rings is 1. The van der Waals surface area contributed by atoms with Crippen LogP contribution in [0, 0.1) is 0 Å². The largest absolute Gasteiger partial charge is 0.506 e. The summed E-state index contributed by atoms with van der Waals surface area (Å²) in [5, 5.41) is 12.8. The molecule has 5 N–H and O–H groups in total. The van der Waals surface area contributed by atoms with Gasteiger partial charge in [-0.25, -0.2) is 10.2 Å². The summed E-state index contributed by atoms with van der Waals surface area (Å²) in [4.78, 5) is 26.3. The number of urea groups is 1. The minimum absolute atomic E-state index is 0.0610. The number of hydrazine groups is 1. The molecule has 30 heavy (non-hydrogen) atoms. The summed E-state index contributed by atoms with van der Waals surface area (Å²) < 4.78 is 0.739. The Morgan fingerprint density at radius 2 is 1.90 bits per heavy atom. The highest BCUT2D eigenvalue weighted by Crippen LogP contribution is 2.27. The first-order valence-electron chi connectivity index (χ1n) is 10.3. The van der Waals surface area contributed by atoms with Gasteiger partial charge in [-0.1, -0.05) is 61.8 Å². The molecule has 0 radical (unpaired) electrons. The van der Waals surface area contributed by atoms with Gasteiger partial charge in [0.05, 0.1) is 4.70 Å². The molecule has 0 saturated carbocycles. The molecular weight excluding hydrogens is 400 g/mol. The van der Waals surface area contributed by atoms with Gasteiger partial charge in [0.2, 0.25) is 0 Å². The highest BCUT2D eigenvalue weighted by atomic mass is 32.1. The quantitative estimate of drug-likeness (QED) is 0.245. The summed E-state index contributed by atoms with van der Waals surface area (Å²) in [6, 6.07) is 10.9. The van der Waals surface area contributed by atoms with Crippen LogP contribution < -0.4 is 21.0 Å². The second kappa shape index (κ2) is 10.8. The minimum Gasteiger partial charge on any atom is -0.506 e. The number of fused-ring (bicyclic) bond motifs is 1. The van der Waals surface area contributed by atoms with E-state index in [4.69, 9.17) is 0 Å². The number of H-pyrrole nitrogens is 1. The first-order valence-corrected chi connectivity index (χ1v) is 11.1. The van der Waals surface area contributed by atoms with E-state index < -0.39 is 0 Å². The third-order valence-electron chi connectivity index (χ3n) is 4.93. The Kier molecular flexibility index (Phi) is 7.87. The van der Waals surface area contributed by atoms with Crippen LogP contribution in [0.4, 0.5) is 10.5 Å². The number of phenols is 1. The molecule has 160 valence electrons. The number of aromatic hydroxyl groups is 1. The van der Waals surface area contributed by atoms with Crippen molar-refractivity contribution in [2.45, 2.75) is 45.4 Å². The number of aromatic nitrogens is 1. The fourth-order valence-electron chi connectivity index (χ4n) is 3.37. The lowest BCUT2D eigenvalue weighted by Crippen LogP contribution is -2.41. The van der Waals surface area contributed by atoms with E-state index >= 15 is 0 Å². The maximum atomic E-state index is 12.3. The lowest BCUT2D eigenvalue weighted by molar-refractivity contribution is 0.248. The molecule has 3 rings (SSSR count). The Morgan fingerprint density at radius 3 is 2.73 bits per heavy atom. The van der Waals surface area contributed by atoms with Gasteiger partial charge in [0.1, 0.15) is 11.3 Å². The lowest BCUT2D eigenvalue weighted by atomic mass is 10.0. The first-order chi connectivity index (χ1) is 14.6. The van der Waals surface area contributed by atoms with Gasteiger partial charge in [-0.2, -0.15) is 0 Å². The Labute approximate surface area is 179 Å². The van der Waals surface area contributed by atoms with Crippen LogP contribution >= 0.6 is 11.3 Å². The van der Waals surface area contributed by atoms with Crippen molar-refractivity contribution in [2.24, 2.45) is 0 Å². The highest BCUT2D eigenvalue weighted by molar-refractivity contribution is 7.16. The molecule has 2 aromatic carbocycles. The second-order valence-corrected chi connectivity index (χ2v) is 8.17. The Bertz CT molecular complexity index is 1040. The van der Waals surface area contributed by atoms with Crippen LogP contribution in [0.1, 0.15) is 43.7 Å². The minimum atomic E-state index is -0.321. The highest BCUT2D eigenvalue weighted by Gasteiger charge is 2.10. The topological polar surface area (TPSA) is 106 Å². The molecule has 3 aromatic rings. The van der Waals surface area contributed by atoms with E-state index in [-0.39, 0.29) is 16.7 Å². The molecular formula is C22H28N4O3S. The number of unbranched alkanes of at least 4 members (excludes halogenated alkanes) is 3. The molecule has 0 aliphatic rings. The van der Waals surface area contributed by atoms with Gasteiger partial charge in [0.25, 0.3) is 0 Å². The van der Waals surface area contributed by atoms with Gasteiger partial charge in [-0.3, -0.25) is 10.2 Å². The van der Waals surface area contributed by atoms with Crippen LogP contribution in [0.5, 0.6) is 5.75 Å². The second-order valence-electron chi connectivity index (χ2n) is 7.19. The number of aromatic amines is 1. The van der Waals surface area contributed by atoms with E-state index in [9.17, 15) is 14.7 Å². The van der Waals surface area contributed by atoms with E-state index in [1.165, 1.54) is 19.3 Å². The molecule has 1 aromatic heterocycles. The van der Waals surface area contributed by atoms with Crippen LogP contribution in [-0.4, -0.2) is 22.7 Å². The smallest absolute Gasteiger partial charge is 0.333 e. The molecule has 7 nitrogen and oxygen atoms in total. The molecule has 0 fully saturated rings. The number of hydrogen-bond acceptors (Lipinski definition) is 5. The Morgan fingerprint density at radius 1 is 1.07 bits per heavy atom. The average molecular weight is 429 g/mol. The average Bonchev–Trinajstić information content (AvgIpc) is 3.14. The number of amides is 2. The van der Waals surface area contributed by atoms with E-state index in [0.29, 0.717) is 18.5 Å². The lowest BCUT2D eigenvalue weighted by Gasteiger charge is -2.13. The van der Waals surface area contributed by atoms with Crippen LogP contribution in [-0.2, 0) is 12.8 Å². The number of para-hydroxylation sites is 1. The van der Waals surface area contributed by atoms with Gasteiger partial charge in [0.15, 0.2) is 0 Å². The third-order valence-corrected chi connectivity index (χ3v) is 5.88. The molecule has 0 unspecified atom stereocenters. The van der Waals surface area contributed by atoms with Gasteiger partial charge in [0, 0.05) is 12.2 Å². The molecule has 0 bridgehead atoms. The SMILES string of the molecule is CCCCCCc1ccccc1NC(=O)NNCCc1ccc(O)c2[nH]c(=O)sc12. The number of anilines is 1. The van der Waals surface area contributed by atoms with Crippen LogP contribution in [0.15, 0.2) is 41.2 Å². The zero-order valence-electron chi connectivity index (χ0n) is 17.1. The normalized spacial score (nSPS) is 11.0. The van der Waals surface area contributed by atoms with Crippen molar-refractivity contribution in [2.75, 3.05) is 11.9 Å². The van der Waals surface area contributed by atoms with Crippen molar-refractivity contribution in [3.05, 3.63) is 57.2 Å². The number of hydrogen-bond donors (Lipinski definition) is 5. The van der Waals surface area contributed by atoms with Crippen molar-refractivity contribution in [3.63, 3.8) is 0 Å². The van der Waals surface area contributed by atoms with Crippen molar-refractivity contribution in [3.8, 4) is 5.75 Å². The third kappa shape index (κ3) is 5.84. The van der Waals surface area contributed by atoms with E-state index in [1.54, 1.807) is 12.1 Å².